The van der Waals surface area contributed by atoms with Crippen molar-refractivity contribution in [2.45, 2.75) is 18.9 Å². The van der Waals surface area contributed by atoms with Gasteiger partial charge < -0.3 is 16.8 Å². The third-order valence-corrected chi connectivity index (χ3v) is 3.49. The van der Waals surface area contributed by atoms with Crippen molar-refractivity contribution in [1.82, 2.24) is 9.97 Å². The van der Waals surface area contributed by atoms with Gasteiger partial charge in [0.25, 0.3) is 0 Å². The maximum absolute atomic E-state index is 5.59. The molecule has 15 heavy (non-hydrogen) atoms. The lowest BCUT2D eigenvalue weighted by Crippen LogP contribution is -2.26. The number of nitrogens with zero attached hydrogens (tertiary/aromatic N) is 2. The van der Waals surface area contributed by atoms with E-state index in [4.69, 9.17) is 11.5 Å². The van der Waals surface area contributed by atoms with Crippen molar-refractivity contribution < 1.29 is 0 Å². The van der Waals surface area contributed by atoms with Gasteiger partial charge in [-0.15, -0.1) is 0 Å². The molecule has 1 aromatic rings. The molecule has 6 heteroatoms. The second-order valence-corrected chi connectivity index (χ2v) is 4.74. The van der Waals surface area contributed by atoms with E-state index in [0.717, 1.165) is 11.6 Å². The number of nitrogen functional groups attached to an aromatic ring is 2. The summed E-state index contributed by atoms with van der Waals surface area (Å²) in [5.74, 6) is 3.73. The zero-order valence-electron chi connectivity index (χ0n) is 8.44. The minimum atomic E-state index is 0.223. The smallest absolute Gasteiger partial charge is 0.223 e. The fourth-order valence-electron chi connectivity index (χ4n) is 1.62. The minimum Gasteiger partial charge on any atom is -0.383 e. The number of anilines is 3. The van der Waals surface area contributed by atoms with Gasteiger partial charge in [0.1, 0.15) is 11.6 Å². The highest BCUT2D eigenvalue weighted by atomic mass is 32.2. The molecule has 1 fully saturated rings. The number of hydrogen-bond acceptors (Lipinski definition) is 6. The lowest BCUT2D eigenvalue weighted by molar-refractivity contribution is 0.682. The number of nitrogens with two attached hydrogens (primary N) is 2. The van der Waals surface area contributed by atoms with Crippen molar-refractivity contribution in [2.75, 3.05) is 28.3 Å². The number of hydrogen-bond donors (Lipinski definition) is 3. The van der Waals surface area contributed by atoms with Crippen molar-refractivity contribution in [1.29, 1.82) is 0 Å². The van der Waals surface area contributed by atoms with E-state index in [9.17, 15) is 0 Å². The largest absolute Gasteiger partial charge is 0.383 e. The highest BCUT2D eigenvalue weighted by Crippen LogP contribution is 2.20. The molecule has 1 aliphatic rings. The molecule has 82 valence electrons. The van der Waals surface area contributed by atoms with Crippen LogP contribution in [0.2, 0.25) is 0 Å². The van der Waals surface area contributed by atoms with Gasteiger partial charge in [0.15, 0.2) is 0 Å². The summed E-state index contributed by atoms with van der Waals surface area (Å²) in [5.41, 5.74) is 11.1. The Hall–Kier alpha value is -1.17. The molecular weight excluding hydrogens is 210 g/mol. The average Bonchev–Trinajstić information content (AvgIpc) is 2.17. The van der Waals surface area contributed by atoms with Gasteiger partial charge in [0.05, 0.1) is 0 Å². The van der Waals surface area contributed by atoms with Crippen LogP contribution in [0.4, 0.5) is 17.6 Å². The first kappa shape index (κ1) is 10.4. The zero-order chi connectivity index (χ0) is 10.7. The molecule has 1 aliphatic heterocycles. The van der Waals surface area contributed by atoms with Crippen LogP contribution < -0.4 is 16.8 Å². The van der Waals surface area contributed by atoms with Crippen molar-refractivity contribution in [3.05, 3.63) is 6.07 Å². The zero-order valence-corrected chi connectivity index (χ0v) is 9.26. The third-order valence-electron chi connectivity index (χ3n) is 2.28. The first-order chi connectivity index (χ1) is 7.24. The monoisotopic (exact) mass is 225 g/mol. The van der Waals surface area contributed by atoms with Gasteiger partial charge in [-0.25, -0.2) is 0 Å². The van der Waals surface area contributed by atoms with E-state index in [0.29, 0.717) is 11.9 Å². The Kier molecular flexibility index (Phi) is 3.15. The Morgan fingerprint density at radius 1 is 1.40 bits per heavy atom. The Bertz CT molecular complexity index is 317. The first-order valence-corrected chi connectivity index (χ1v) is 6.14. The summed E-state index contributed by atoms with van der Waals surface area (Å²) >= 11 is 1.96. The van der Waals surface area contributed by atoms with Crippen molar-refractivity contribution in [3.63, 3.8) is 0 Å². The lowest BCUT2D eigenvalue weighted by atomic mass is 10.2. The van der Waals surface area contributed by atoms with Crippen molar-refractivity contribution >= 4 is 29.3 Å². The maximum Gasteiger partial charge on any atom is 0.223 e. The second kappa shape index (κ2) is 4.57. The highest BCUT2D eigenvalue weighted by Gasteiger charge is 2.14. The first-order valence-electron chi connectivity index (χ1n) is 4.98. The number of aromatic nitrogens is 2. The molecule has 5 N–H and O–H groups in total. The summed E-state index contributed by atoms with van der Waals surface area (Å²) in [6.07, 6.45) is 2.43. The van der Waals surface area contributed by atoms with Crippen molar-refractivity contribution in [2.24, 2.45) is 0 Å². The second-order valence-electron chi connectivity index (χ2n) is 3.59. The average molecular weight is 225 g/mol. The lowest BCUT2D eigenvalue weighted by Gasteiger charge is -2.22. The van der Waals surface area contributed by atoms with Crippen LogP contribution in [0.25, 0.3) is 0 Å². The number of nitrogens with one attached hydrogen (secondary N) is 1. The molecule has 2 heterocycles. The minimum absolute atomic E-state index is 0.223. The highest BCUT2D eigenvalue weighted by molar-refractivity contribution is 7.99. The maximum atomic E-state index is 5.59. The van der Waals surface area contributed by atoms with Gasteiger partial charge in [-0.05, 0) is 18.6 Å². The summed E-state index contributed by atoms with van der Waals surface area (Å²) in [7, 11) is 0. The summed E-state index contributed by atoms with van der Waals surface area (Å²) < 4.78 is 0. The molecule has 0 spiro atoms. The van der Waals surface area contributed by atoms with Crippen LogP contribution in [0.15, 0.2) is 6.07 Å². The Morgan fingerprint density at radius 3 is 2.93 bits per heavy atom. The quantitative estimate of drug-likeness (QED) is 0.694. The summed E-state index contributed by atoms with van der Waals surface area (Å²) in [6.45, 7) is 0. The van der Waals surface area contributed by atoms with E-state index >= 15 is 0 Å². The van der Waals surface area contributed by atoms with Crippen LogP contribution in [-0.4, -0.2) is 27.5 Å². The van der Waals surface area contributed by atoms with Crippen LogP contribution in [0.1, 0.15) is 12.8 Å². The Morgan fingerprint density at radius 2 is 2.27 bits per heavy atom. The van der Waals surface area contributed by atoms with Gasteiger partial charge >= 0.3 is 0 Å². The van der Waals surface area contributed by atoms with Gasteiger partial charge in [0.2, 0.25) is 5.95 Å². The predicted molar refractivity (Wildman–Crippen MR) is 64.8 cm³/mol. The van der Waals surface area contributed by atoms with E-state index in [-0.39, 0.29) is 5.95 Å². The fraction of sp³-hybridized carbons (Fsp3) is 0.556. The molecule has 0 bridgehead atoms. The van der Waals surface area contributed by atoms with Gasteiger partial charge in [-0.1, -0.05) is 0 Å². The fourth-order valence-corrected chi connectivity index (χ4v) is 2.69. The molecular formula is C9H15N5S. The molecule has 1 aromatic heterocycles. The molecule has 0 saturated carbocycles. The summed E-state index contributed by atoms with van der Waals surface area (Å²) in [5, 5.41) is 3.33. The SMILES string of the molecule is Nc1cc(NC2CCCSC2)nc(N)n1. The van der Waals surface area contributed by atoms with Crippen molar-refractivity contribution in [3.8, 4) is 0 Å². The topological polar surface area (TPSA) is 89.8 Å². The third kappa shape index (κ3) is 2.89. The Balaban J connectivity index is 2.02. The van der Waals surface area contributed by atoms with E-state index in [1.165, 1.54) is 18.6 Å². The van der Waals surface area contributed by atoms with E-state index in [1.807, 2.05) is 11.8 Å². The molecule has 1 atom stereocenters. The molecule has 5 nitrogen and oxygen atoms in total. The van der Waals surface area contributed by atoms with Crippen LogP contribution in [0.3, 0.4) is 0 Å². The molecule has 1 saturated heterocycles. The number of rotatable bonds is 2. The molecule has 1 unspecified atom stereocenters. The molecule has 2 rings (SSSR count). The van der Waals surface area contributed by atoms with E-state index in [2.05, 4.69) is 15.3 Å². The standard InChI is InChI=1S/C9H15N5S/c10-7-4-8(14-9(11)13-7)12-6-2-1-3-15-5-6/h4,6H,1-3,5H2,(H5,10,11,12,13,14). The molecule has 0 amide bonds. The van der Waals surface area contributed by atoms with Gasteiger partial charge in [-0.3, -0.25) is 0 Å². The van der Waals surface area contributed by atoms with E-state index in [1.54, 1.807) is 6.07 Å². The summed E-state index contributed by atoms with van der Waals surface area (Å²) in [6, 6.07) is 2.19. The molecule has 0 aliphatic carbocycles. The van der Waals surface area contributed by atoms with E-state index < -0.39 is 0 Å². The van der Waals surface area contributed by atoms with Crippen LogP contribution >= 0.6 is 11.8 Å². The molecule has 0 radical (unpaired) electrons. The van der Waals surface area contributed by atoms with Crippen LogP contribution in [0.5, 0.6) is 0 Å². The van der Waals surface area contributed by atoms with Gasteiger partial charge in [-0.2, -0.15) is 21.7 Å². The van der Waals surface area contributed by atoms with Crippen LogP contribution in [-0.2, 0) is 0 Å². The van der Waals surface area contributed by atoms with Gasteiger partial charge in [0, 0.05) is 17.9 Å². The van der Waals surface area contributed by atoms with Crippen LogP contribution in [0, 0.1) is 0 Å². The summed E-state index contributed by atoms with van der Waals surface area (Å²) in [4.78, 5) is 7.92. The number of thioether (sulfide) groups is 1. The Labute approximate surface area is 93.0 Å². The molecule has 0 aromatic carbocycles. The predicted octanol–water partition coefficient (Wildman–Crippen LogP) is 0.948. The normalized spacial score (nSPS) is 21.2.